The molecule has 1 amide bonds. The van der Waals surface area contributed by atoms with Gasteiger partial charge in [-0.05, 0) is 52.7 Å². The van der Waals surface area contributed by atoms with E-state index in [1.165, 1.54) is 11.8 Å². The second kappa shape index (κ2) is 12.0. The number of ether oxygens (including phenoxy) is 1. The Kier molecular flexibility index (Phi) is 8.04. The number of hydrogen-bond acceptors (Lipinski definition) is 4. The second-order valence-corrected chi connectivity index (χ2v) is 9.94. The number of carbonyl (C=O) groups is 1. The number of carbonyl (C=O) groups excluding carboxylic acids is 1. The Labute approximate surface area is 226 Å². The predicted molar refractivity (Wildman–Crippen MR) is 152 cm³/mol. The van der Waals surface area contributed by atoms with Gasteiger partial charge in [-0.1, -0.05) is 103 Å². The van der Waals surface area contributed by atoms with E-state index >= 15 is 0 Å². The van der Waals surface area contributed by atoms with Gasteiger partial charge in [-0.2, -0.15) is 0 Å². The lowest BCUT2D eigenvalue weighted by molar-refractivity contribution is -0.122. The van der Waals surface area contributed by atoms with Crippen molar-refractivity contribution >= 4 is 40.5 Å². The number of amidine groups is 1. The van der Waals surface area contributed by atoms with Gasteiger partial charge >= 0.3 is 0 Å². The molecule has 1 aliphatic heterocycles. The van der Waals surface area contributed by atoms with Crippen LogP contribution in [0.15, 0.2) is 119 Å². The molecule has 0 unspecified atom stereocenters. The number of thioether (sulfide) groups is 1. The summed E-state index contributed by atoms with van der Waals surface area (Å²) in [7, 11) is 0. The zero-order valence-electron chi connectivity index (χ0n) is 20.1. The number of nitrogens with zero attached hydrogens (tertiary/aromatic N) is 2. The third-order valence-electron chi connectivity index (χ3n) is 5.84. The molecule has 5 rings (SSSR count). The van der Waals surface area contributed by atoms with Crippen LogP contribution < -0.4 is 4.74 Å². The number of rotatable bonds is 8. The summed E-state index contributed by atoms with van der Waals surface area (Å²) in [6.45, 7) is 1.39. The smallest absolute Gasteiger partial charge is 0.267 e. The van der Waals surface area contributed by atoms with Gasteiger partial charge in [-0.25, -0.2) is 0 Å². The number of halogens is 1. The van der Waals surface area contributed by atoms with Gasteiger partial charge in [-0.15, -0.1) is 0 Å². The average Bonchev–Trinajstić information content (AvgIpc) is 3.22. The minimum Gasteiger partial charge on any atom is -0.489 e. The van der Waals surface area contributed by atoms with Crippen molar-refractivity contribution in [2.24, 2.45) is 4.99 Å². The van der Waals surface area contributed by atoms with Crippen LogP contribution in [0, 0.1) is 0 Å². The largest absolute Gasteiger partial charge is 0.489 e. The van der Waals surface area contributed by atoms with Crippen molar-refractivity contribution in [2.45, 2.75) is 19.7 Å². The number of benzene rings is 4. The molecule has 4 nitrogen and oxygen atoms in total. The molecule has 184 valence electrons. The first kappa shape index (κ1) is 24.9. The maximum atomic E-state index is 13.4. The van der Waals surface area contributed by atoms with E-state index in [-0.39, 0.29) is 5.91 Å². The molecule has 0 aromatic heterocycles. The van der Waals surface area contributed by atoms with Crippen molar-refractivity contribution in [1.29, 1.82) is 0 Å². The van der Waals surface area contributed by atoms with E-state index < -0.39 is 0 Å². The minimum atomic E-state index is -0.0419. The van der Waals surface area contributed by atoms with Crippen LogP contribution in [0.1, 0.15) is 22.3 Å². The molecule has 0 atom stereocenters. The zero-order valence-corrected chi connectivity index (χ0v) is 21.7. The molecule has 0 N–H and O–H groups in total. The van der Waals surface area contributed by atoms with E-state index in [1.54, 1.807) is 4.90 Å². The summed E-state index contributed by atoms with van der Waals surface area (Å²) >= 11 is 7.64. The molecule has 0 aliphatic carbocycles. The van der Waals surface area contributed by atoms with E-state index in [0.717, 1.165) is 28.0 Å². The van der Waals surface area contributed by atoms with Crippen LogP contribution in [0.25, 0.3) is 6.08 Å². The first-order valence-corrected chi connectivity index (χ1v) is 13.1. The fourth-order valence-electron chi connectivity index (χ4n) is 3.86. The van der Waals surface area contributed by atoms with Crippen molar-refractivity contribution < 1.29 is 9.53 Å². The highest BCUT2D eigenvalue weighted by molar-refractivity contribution is 8.18. The van der Waals surface area contributed by atoms with Gasteiger partial charge in [0, 0.05) is 10.6 Å². The third-order valence-corrected chi connectivity index (χ3v) is 7.25. The van der Waals surface area contributed by atoms with Crippen LogP contribution in [-0.2, 0) is 24.5 Å². The Hall–Kier alpha value is -3.80. The van der Waals surface area contributed by atoms with Crippen LogP contribution in [0.2, 0.25) is 5.02 Å². The molecule has 1 aliphatic rings. The van der Waals surface area contributed by atoms with Gasteiger partial charge in [0.25, 0.3) is 5.91 Å². The van der Waals surface area contributed by atoms with Crippen molar-refractivity contribution in [2.75, 3.05) is 0 Å². The Morgan fingerprint density at radius 1 is 0.811 bits per heavy atom. The van der Waals surface area contributed by atoms with E-state index in [0.29, 0.717) is 34.8 Å². The van der Waals surface area contributed by atoms with Gasteiger partial charge in [0.15, 0.2) is 5.17 Å². The lowest BCUT2D eigenvalue weighted by atomic mass is 10.2. The number of hydrogen-bond donors (Lipinski definition) is 0. The van der Waals surface area contributed by atoms with Crippen LogP contribution in [-0.4, -0.2) is 16.0 Å². The molecule has 4 aromatic carbocycles. The van der Waals surface area contributed by atoms with Crippen molar-refractivity contribution in [1.82, 2.24) is 4.90 Å². The molecule has 37 heavy (non-hydrogen) atoms. The summed E-state index contributed by atoms with van der Waals surface area (Å²) < 4.78 is 5.89. The molecule has 4 aromatic rings. The number of aliphatic imine (C=N–C) groups is 1. The highest BCUT2D eigenvalue weighted by Crippen LogP contribution is 2.34. The summed E-state index contributed by atoms with van der Waals surface area (Å²) in [4.78, 5) is 20.6. The molecule has 1 saturated heterocycles. The topological polar surface area (TPSA) is 41.9 Å². The monoisotopic (exact) mass is 524 g/mol. The molecule has 6 heteroatoms. The summed E-state index contributed by atoms with van der Waals surface area (Å²) in [6.07, 6.45) is 1.91. The SMILES string of the molecule is O=C1/C(=C/c2ccc(OCc3ccccc3Cl)cc2)SC(=NCc2ccccc2)N1Cc1ccccc1. The Bertz CT molecular complexity index is 1420. The van der Waals surface area contributed by atoms with E-state index in [1.807, 2.05) is 115 Å². The second-order valence-electron chi connectivity index (χ2n) is 8.52. The van der Waals surface area contributed by atoms with Gasteiger partial charge < -0.3 is 4.74 Å². The Morgan fingerprint density at radius 3 is 2.16 bits per heavy atom. The van der Waals surface area contributed by atoms with Crippen LogP contribution >= 0.6 is 23.4 Å². The van der Waals surface area contributed by atoms with Crippen LogP contribution in [0.5, 0.6) is 5.75 Å². The van der Waals surface area contributed by atoms with Gasteiger partial charge in [0.05, 0.1) is 18.0 Å². The summed E-state index contributed by atoms with van der Waals surface area (Å²) in [5.41, 5.74) is 4.02. The molecule has 1 fully saturated rings. The van der Waals surface area contributed by atoms with Crippen molar-refractivity contribution in [3.63, 3.8) is 0 Å². The van der Waals surface area contributed by atoms with Gasteiger partial charge in [-0.3, -0.25) is 14.7 Å². The first-order valence-electron chi connectivity index (χ1n) is 12.0. The van der Waals surface area contributed by atoms with Gasteiger partial charge in [0.1, 0.15) is 12.4 Å². The molecule has 0 saturated carbocycles. The molecule has 0 radical (unpaired) electrons. The van der Waals surface area contributed by atoms with Crippen molar-refractivity contribution in [3.8, 4) is 5.75 Å². The fourth-order valence-corrected chi connectivity index (χ4v) is 5.03. The van der Waals surface area contributed by atoms with Crippen LogP contribution in [0.3, 0.4) is 0 Å². The minimum absolute atomic E-state index is 0.0419. The average molecular weight is 525 g/mol. The van der Waals surface area contributed by atoms with E-state index in [2.05, 4.69) is 0 Å². The molecular formula is C31H25ClN2O2S. The summed E-state index contributed by atoms with van der Waals surface area (Å²) in [5.74, 6) is 0.697. The lowest BCUT2D eigenvalue weighted by Crippen LogP contribution is -2.28. The molecule has 0 spiro atoms. The highest BCUT2D eigenvalue weighted by Gasteiger charge is 2.33. The van der Waals surface area contributed by atoms with E-state index in [4.69, 9.17) is 21.3 Å². The Balaban J connectivity index is 1.32. The lowest BCUT2D eigenvalue weighted by Gasteiger charge is -2.15. The molecule has 1 heterocycles. The van der Waals surface area contributed by atoms with Crippen LogP contribution in [0.4, 0.5) is 0 Å². The van der Waals surface area contributed by atoms with Crippen molar-refractivity contribution in [3.05, 3.63) is 141 Å². The Morgan fingerprint density at radius 2 is 1.46 bits per heavy atom. The normalized spacial score (nSPS) is 15.5. The number of amides is 1. The molecule has 0 bridgehead atoms. The zero-order chi connectivity index (χ0) is 25.5. The maximum Gasteiger partial charge on any atom is 0.267 e. The summed E-state index contributed by atoms with van der Waals surface area (Å²) in [6, 6.07) is 35.4. The predicted octanol–water partition coefficient (Wildman–Crippen LogP) is 7.59. The molecular weight excluding hydrogens is 500 g/mol. The standard InChI is InChI=1S/C31H25ClN2O2S/c32-28-14-8-7-13-26(28)22-36-27-17-15-23(16-18-27)19-29-30(35)34(21-25-11-5-2-6-12-25)31(37-29)33-20-24-9-3-1-4-10-24/h1-19H,20-22H2/b29-19-,33-31?. The maximum absolute atomic E-state index is 13.4. The highest BCUT2D eigenvalue weighted by atomic mass is 35.5. The quantitative estimate of drug-likeness (QED) is 0.223. The fraction of sp³-hybridized carbons (Fsp3) is 0.0968. The third kappa shape index (κ3) is 6.50. The first-order chi connectivity index (χ1) is 18.2. The summed E-state index contributed by atoms with van der Waals surface area (Å²) in [5, 5.41) is 1.40. The van der Waals surface area contributed by atoms with E-state index in [9.17, 15) is 4.79 Å². The van der Waals surface area contributed by atoms with Gasteiger partial charge in [0.2, 0.25) is 0 Å².